The van der Waals surface area contributed by atoms with Gasteiger partial charge in [-0.2, -0.15) is 4.98 Å². The van der Waals surface area contributed by atoms with Gasteiger partial charge in [0.2, 0.25) is 17.0 Å². The summed E-state index contributed by atoms with van der Waals surface area (Å²) < 4.78 is 11.5. The monoisotopic (exact) mass is 314 g/mol. The number of rotatable bonds is 1. The summed E-state index contributed by atoms with van der Waals surface area (Å²) in [6.07, 6.45) is 0. The Kier molecular flexibility index (Phi) is 2.58. The summed E-state index contributed by atoms with van der Waals surface area (Å²) in [5.41, 5.74) is 2.37. The molecule has 114 valence electrons. The summed E-state index contributed by atoms with van der Waals surface area (Å²) in [4.78, 5) is 21.4. The lowest BCUT2D eigenvalue weighted by molar-refractivity contribution is 0.598. The second-order valence-electron chi connectivity index (χ2n) is 5.48. The molecule has 24 heavy (non-hydrogen) atoms. The summed E-state index contributed by atoms with van der Waals surface area (Å²) in [7, 11) is 0. The number of benzene rings is 2. The van der Waals surface area contributed by atoms with Gasteiger partial charge in [0.25, 0.3) is 5.71 Å². The second-order valence-corrected chi connectivity index (χ2v) is 5.48. The third-order valence-corrected chi connectivity index (χ3v) is 3.95. The van der Waals surface area contributed by atoms with E-state index in [-0.39, 0.29) is 11.1 Å². The van der Waals surface area contributed by atoms with Gasteiger partial charge in [0.1, 0.15) is 11.1 Å². The highest BCUT2D eigenvalue weighted by molar-refractivity contribution is 5.93. The summed E-state index contributed by atoms with van der Waals surface area (Å²) >= 11 is 0. The van der Waals surface area contributed by atoms with Crippen LogP contribution in [0.2, 0.25) is 0 Å². The van der Waals surface area contributed by atoms with Crippen molar-refractivity contribution in [2.75, 3.05) is 0 Å². The number of para-hydroxylation sites is 1. The minimum Gasteiger partial charge on any atom is -0.437 e. The van der Waals surface area contributed by atoms with E-state index in [4.69, 9.17) is 8.83 Å². The predicted molar refractivity (Wildman–Crippen MR) is 90.8 cm³/mol. The quantitative estimate of drug-likeness (QED) is 0.435. The first-order valence-corrected chi connectivity index (χ1v) is 7.48. The Bertz CT molecular complexity index is 1270. The molecule has 5 aromatic rings. The molecule has 0 N–H and O–H groups in total. The van der Waals surface area contributed by atoms with Crippen LogP contribution in [0.4, 0.5) is 0 Å². The largest absolute Gasteiger partial charge is 0.437 e. The van der Waals surface area contributed by atoms with Gasteiger partial charge in [-0.15, -0.1) is 0 Å². The first-order chi connectivity index (χ1) is 11.8. The van der Waals surface area contributed by atoms with Crippen LogP contribution < -0.4 is 5.43 Å². The Morgan fingerprint density at radius 1 is 0.750 bits per heavy atom. The van der Waals surface area contributed by atoms with E-state index in [1.807, 2.05) is 36.4 Å². The second kappa shape index (κ2) is 4.76. The van der Waals surface area contributed by atoms with Crippen molar-refractivity contribution < 1.29 is 8.83 Å². The lowest BCUT2D eigenvalue weighted by Gasteiger charge is -1.99. The molecule has 0 radical (unpaired) electrons. The molecule has 5 rings (SSSR count). The number of hydrogen-bond acceptors (Lipinski definition) is 5. The van der Waals surface area contributed by atoms with E-state index in [1.54, 1.807) is 24.3 Å². The molecule has 0 aliphatic carbocycles. The molecule has 0 saturated carbocycles. The number of fused-ring (bicyclic) bond motifs is 3. The third-order valence-electron chi connectivity index (χ3n) is 3.95. The molecule has 0 spiro atoms. The van der Waals surface area contributed by atoms with Crippen molar-refractivity contribution in [3.05, 3.63) is 70.9 Å². The lowest BCUT2D eigenvalue weighted by Crippen LogP contribution is -2.02. The van der Waals surface area contributed by atoms with Gasteiger partial charge in [0.05, 0.1) is 10.8 Å². The molecule has 3 aromatic heterocycles. The van der Waals surface area contributed by atoms with Crippen LogP contribution in [0, 0.1) is 0 Å². The normalized spacial score (nSPS) is 11.5. The molecule has 0 bridgehead atoms. The highest BCUT2D eigenvalue weighted by atomic mass is 16.4. The van der Waals surface area contributed by atoms with Crippen molar-refractivity contribution in [2.24, 2.45) is 0 Å². The summed E-state index contributed by atoms with van der Waals surface area (Å²) in [6.45, 7) is 0. The topological polar surface area (TPSA) is 69.1 Å². The number of hydrogen-bond donors (Lipinski definition) is 0. The molecular formula is C19H10N2O3. The van der Waals surface area contributed by atoms with Crippen LogP contribution in [0.3, 0.4) is 0 Å². The van der Waals surface area contributed by atoms with Gasteiger partial charge in [-0.25, -0.2) is 4.98 Å². The number of nitrogens with zero attached hydrogens (tertiary/aromatic N) is 2. The SMILES string of the molecule is O=c1c2ccccc2oc2nc3oc(-c4ccccc4)nc3cc12. The van der Waals surface area contributed by atoms with Crippen molar-refractivity contribution in [3.63, 3.8) is 0 Å². The molecule has 0 aliphatic heterocycles. The number of oxazole rings is 1. The Balaban J connectivity index is 1.84. The minimum absolute atomic E-state index is 0.120. The zero-order chi connectivity index (χ0) is 16.1. The maximum atomic E-state index is 12.7. The van der Waals surface area contributed by atoms with E-state index in [1.165, 1.54) is 0 Å². The molecule has 2 aromatic carbocycles. The first-order valence-electron chi connectivity index (χ1n) is 7.48. The van der Waals surface area contributed by atoms with E-state index in [0.717, 1.165) is 5.56 Å². The van der Waals surface area contributed by atoms with Gasteiger partial charge in [-0.05, 0) is 30.3 Å². The molecule has 0 amide bonds. The van der Waals surface area contributed by atoms with E-state index in [9.17, 15) is 4.79 Å². The van der Waals surface area contributed by atoms with Gasteiger partial charge >= 0.3 is 0 Å². The average Bonchev–Trinajstić information content (AvgIpc) is 3.04. The number of aromatic nitrogens is 2. The standard InChI is InChI=1S/C19H10N2O3/c22-16-12-8-4-5-9-15(12)23-18-13(16)10-14-19(21-18)24-17(20-14)11-6-2-1-3-7-11/h1-10H. The van der Waals surface area contributed by atoms with Crippen LogP contribution >= 0.6 is 0 Å². The Labute approximate surface area is 135 Å². The van der Waals surface area contributed by atoms with Gasteiger partial charge in [-0.1, -0.05) is 30.3 Å². The molecule has 0 fully saturated rings. The van der Waals surface area contributed by atoms with Crippen molar-refractivity contribution in [1.29, 1.82) is 0 Å². The van der Waals surface area contributed by atoms with Gasteiger partial charge < -0.3 is 8.83 Å². The molecule has 5 nitrogen and oxygen atoms in total. The first kappa shape index (κ1) is 13.0. The average molecular weight is 314 g/mol. The summed E-state index contributed by atoms with van der Waals surface area (Å²) in [6, 6.07) is 18.3. The maximum Gasteiger partial charge on any atom is 0.250 e. The van der Waals surface area contributed by atoms with Gasteiger partial charge in [0, 0.05) is 5.56 Å². The fourth-order valence-electron chi connectivity index (χ4n) is 2.79. The predicted octanol–water partition coefficient (Wildman–Crippen LogP) is 4.15. The van der Waals surface area contributed by atoms with Crippen LogP contribution in [0.5, 0.6) is 0 Å². The molecule has 3 heterocycles. The maximum absolute atomic E-state index is 12.7. The van der Waals surface area contributed by atoms with E-state index >= 15 is 0 Å². The van der Waals surface area contributed by atoms with E-state index in [2.05, 4.69) is 9.97 Å². The fourth-order valence-corrected chi connectivity index (χ4v) is 2.79. The van der Waals surface area contributed by atoms with Gasteiger partial charge in [0.15, 0.2) is 0 Å². The highest BCUT2D eigenvalue weighted by Crippen LogP contribution is 2.26. The van der Waals surface area contributed by atoms with Crippen molar-refractivity contribution in [2.45, 2.75) is 0 Å². The molecule has 5 heteroatoms. The Hall–Kier alpha value is -3.47. The highest BCUT2D eigenvalue weighted by Gasteiger charge is 2.14. The molecule has 0 unspecified atom stereocenters. The zero-order valence-corrected chi connectivity index (χ0v) is 12.4. The van der Waals surface area contributed by atoms with Crippen LogP contribution in [-0.2, 0) is 0 Å². The molecular weight excluding hydrogens is 304 g/mol. The lowest BCUT2D eigenvalue weighted by atomic mass is 10.2. The van der Waals surface area contributed by atoms with Gasteiger partial charge in [-0.3, -0.25) is 4.79 Å². The molecule has 0 atom stereocenters. The molecule has 0 aliphatic rings. The van der Waals surface area contributed by atoms with E-state index < -0.39 is 0 Å². The fraction of sp³-hybridized carbons (Fsp3) is 0. The minimum atomic E-state index is -0.120. The van der Waals surface area contributed by atoms with Crippen LogP contribution in [0.25, 0.3) is 44.8 Å². The summed E-state index contributed by atoms with van der Waals surface area (Å²) in [5.74, 6) is 0.463. The smallest absolute Gasteiger partial charge is 0.250 e. The van der Waals surface area contributed by atoms with Crippen LogP contribution in [-0.4, -0.2) is 9.97 Å². The number of pyridine rings is 1. The van der Waals surface area contributed by atoms with Crippen molar-refractivity contribution >= 4 is 33.3 Å². The van der Waals surface area contributed by atoms with Crippen molar-refractivity contribution in [1.82, 2.24) is 9.97 Å². The molecule has 0 saturated heterocycles. The van der Waals surface area contributed by atoms with E-state index in [0.29, 0.717) is 33.5 Å². The van der Waals surface area contributed by atoms with Crippen LogP contribution in [0.15, 0.2) is 74.3 Å². The Morgan fingerprint density at radius 2 is 1.54 bits per heavy atom. The third kappa shape index (κ3) is 1.85. The van der Waals surface area contributed by atoms with Crippen LogP contribution in [0.1, 0.15) is 0 Å². The summed E-state index contributed by atoms with van der Waals surface area (Å²) in [5, 5.41) is 0.923. The zero-order valence-electron chi connectivity index (χ0n) is 12.4. The Morgan fingerprint density at radius 3 is 2.42 bits per heavy atom. The van der Waals surface area contributed by atoms with Crippen molar-refractivity contribution in [3.8, 4) is 11.5 Å².